The summed E-state index contributed by atoms with van der Waals surface area (Å²) in [7, 11) is 0. The van der Waals surface area contributed by atoms with Crippen molar-refractivity contribution in [2.75, 3.05) is 11.9 Å². The van der Waals surface area contributed by atoms with E-state index in [0.717, 1.165) is 51.4 Å². The highest BCUT2D eigenvalue weighted by atomic mass is 16.5. The van der Waals surface area contributed by atoms with Gasteiger partial charge in [-0.2, -0.15) is 0 Å². The molecule has 0 bridgehead atoms. The van der Waals surface area contributed by atoms with Gasteiger partial charge in [0.25, 0.3) is 0 Å². The van der Waals surface area contributed by atoms with Gasteiger partial charge in [-0.3, -0.25) is 4.98 Å². The summed E-state index contributed by atoms with van der Waals surface area (Å²) in [6.45, 7) is 0.558. The Kier molecular flexibility index (Phi) is 6.28. The van der Waals surface area contributed by atoms with Crippen LogP contribution in [0, 0.1) is 0 Å². The molecule has 2 heterocycles. The lowest BCUT2D eigenvalue weighted by Gasteiger charge is -2.27. The van der Waals surface area contributed by atoms with Crippen molar-refractivity contribution in [3.63, 3.8) is 0 Å². The Bertz CT molecular complexity index is 1450. The molecule has 3 aromatic carbocycles. The number of anilines is 1. The van der Waals surface area contributed by atoms with Crippen molar-refractivity contribution >= 4 is 16.7 Å². The summed E-state index contributed by atoms with van der Waals surface area (Å²) >= 11 is 0. The van der Waals surface area contributed by atoms with Gasteiger partial charge in [0.05, 0.1) is 23.5 Å². The van der Waals surface area contributed by atoms with Crippen LogP contribution in [0.25, 0.3) is 33.5 Å². The molecule has 1 aliphatic rings. The first-order chi connectivity index (χ1) is 17.8. The van der Waals surface area contributed by atoms with Crippen LogP contribution in [0.1, 0.15) is 24.8 Å². The van der Waals surface area contributed by atoms with Gasteiger partial charge in [0.15, 0.2) is 0 Å². The van der Waals surface area contributed by atoms with Crippen LogP contribution < -0.4 is 10.1 Å². The van der Waals surface area contributed by atoms with Crippen molar-refractivity contribution < 1.29 is 4.74 Å². The number of fused-ring (bicyclic) bond motifs is 1. The van der Waals surface area contributed by atoms with E-state index < -0.39 is 0 Å². The summed E-state index contributed by atoms with van der Waals surface area (Å²) in [6, 6.07) is 29.4. The zero-order valence-corrected chi connectivity index (χ0v) is 20.1. The Labute approximate surface area is 211 Å². The molecule has 6 rings (SSSR count). The molecule has 5 nitrogen and oxygen atoms in total. The van der Waals surface area contributed by atoms with E-state index in [2.05, 4.69) is 46.7 Å². The Hall–Kier alpha value is -4.25. The molecule has 0 unspecified atom stereocenters. The molecule has 178 valence electrons. The van der Waals surface area contributed by atoms with Gasteiger partial charge >= 0.3 is 0 Å². The molecule has 1 saturated carbocycles. The van der Waals surface area contributed by atoms with E-state index in [0.29, 0.717) is 12.6 Å². The zero-order chi connectivity index (χ0) is 24.2. The summed E-state index contributed by atoms with van der Waals surface area (Å²) in [5.74, 6) is 0.748. The quantitative estimate of drug-likeness (QED) is 0.265. The highest BCUT2D eigenvalue weighted by Gasteiger charge is 2.18. The summed E-state index contributed by atoms with van der Waals surface area (Å²) in [5.41, 5.74) is 7.76. The number of hydrogen-bond donors (Lipinski definition) is 1. The lowest BCUT2D eigenvalue weighted by molar-refractivity contribution is 0.325. The SMILES string of the molecule is c1ccc(-c2nc3c(OCCc4ccncc4)cccc3nc2-c2ccc(NC3CCC3)cc2)cc1. The van der Waals surface area contributed by atoms with Gasteiger partial charge < -0.3 is 10.1 Å². The van der Waals surface area contributed by atoms with E-state index in [1.54, 1.807) is 0 Å². The molecule has 1 fully saturated rings. The second-order valence-corrected chi connectivity index (χ2v) is 9.21. The fraction of sp³-hybridized carbons (Fsp3) is 0.194. The van der Waals surface area contributed by atoms with Gasteiger partial charge in [-0.25, -0.2) is 9.97 Å². The van der Waals surface area contributed by atoms with E-state index in [-0.39, 0.29) is 0 Å². The van der Waals surface area contributed by atoms with Crippen LogP contribution in [0.3, 0.4) is 0 Å². The molecule has 0 aliphatic heterocycles. The molecule has 1 aliphatic carbocycles. The first-order valence-electron chi connectivity index (χ1n) is 12.6. The summed E-state index contributed by atoms with van der Waals surface area (Å²) in [4.78, 5) is 14.3. The Morgan fingerprint density at radius 3 is 2.25 bits per heavy atom. The second kappa shape index (κ2) is 10.2. The highest BCUT2D eigenvalue weighted by Crippen LogP contribution is 2.34. The van der Waals surface area contributed by atoms with Crippen molar-refractivity contribution in [1.29, 1.82) is 0 Å². The first kappa shape index (κ1) is 22.2. The Balaban J connectivity index is 1.35. The third-order valence-corrected chi connectivity index (χ3v) is 6.74. The number of rotatable bonds is 8. The molecule has 0 spiro atoms. The van der Waals surface area contributed by atoms with Crippen molar-refractivity contribution in [2.45, 2.75) is 31.7 Å². The van der Waals surface area contributed by atoms with Crippen LogP contribution in [0.4, 0.5) is 5.69 Å². The minimum Gasteiger partial charge on any atom is -0.491 e. The lowest BCUT2D eigenvalue weighted by atomic mass is 9.93. The average molecular weight is 473 g/mol. The molecule has 0 saturated heterocycles. The number of benzene rings is 3. The number of pyridine rings is 1. The topological polar surface area (TPSA) is 59.9 Å². The molecule has 0 atom stereocenters. The number of hydrogen-bond acceptors (Lipinski definition) is 5. The van der Waals surface area contributed by atoms with Crippen molar-refractivity contribution in [3.8, 4) is 28.3 Å². The largest absolute Gasteiger partial charge is 0.491 e. The maximum absolute atomic E-state index is 6.20. The van der Waals surface area contributed by atoms with Gasteiger partial charge in [-0.15, -0.1) is 0 Å². The van der Waals surface area contributed by atoms with Gasteiger partial charge in [0.1, 0.15) is 11.3 Å². The zero-order valence-electron chi connectivity index (χ0n) is 20.1. The monoisotopic (exact) mass is 472 g/mol. The number of aromatic nitrogens is 3. The Morgan fingerprint density at radius 1 is 0.750 bits per heavy atom. The van der Waals surface area contributed by atoms with Crippen LogP contribution in [-0.4, -0.2) is 27.6 Å². The maximum Gasteiger partial charge on any atom is 0.147 e. The van der Waals surface area contributed by atoms with E-state index in [1.165, 1.54) is 24.8 Å². The fourth-order valence-electron chi connectivity index (χ4n) is 4.51. The lowest BCUT2D eigenvalue weighted by Crippen LogP contribution is -2.26. The molecular formula is C31H28N4O. The van der Waals surface area contributed by atoms with Crippen molar-refractivity contribution in [2.24, 2.45) is 0 Å². The van der Waals surface area contributed by atoms with E-state index in [1.807, 2.05) is 60.9 Å². The minimum absolute atomic E-state index is 0.558. The second-order valence-electron chi connectivity index (χ2n) is 9.21. The molecule has 36 heavy (non-hydrogen) atoms. The molecule has 0 radical (unpaired) electrons. The van der Waals surface area contributed by atoms with E-state index in [9.17, 15) is 0 Å². The number of nitrogens with one attached hydrogen (secondary N) is 1. The van der Waals surface area contributed by atoms with Crippen LogP contribution in [-0.2, 0) is 6.42 Å². The fourth-order valence-corrected chi connectivity index (χ4v) is 4.51. The smallest absolute Gasteiger partial charge is 0.147 e. The molecule has 1 N–H and O–H groups in total. The normalized spacial score (nSPS) is 13.3. The predicted octanol–water partition coefficient (Wildman–Crippen LogP) is 6.94. The highest BCUT2D eigenvalue weighted by molar-refractivity contribution is 5.89. The molecule has 2 aromatic heterocycles. The number of ether oxygens (including phenoxy) is 1. The standard InChI is InChI=1S/C31H28N4O/c1-2-6-23(7-3-1)30-29(24-12-14-26(15-13-24)33-25-8-4-9-25)34-27-10-5-11-28(31(27)35-30)36-21-18-22-16-19-32-20-17-22/h1-3,5-7,10-17,19-20,25,33H,4,8-9,18,21H2. The van der Waals surface area contributed by atoms with Crippen LogP contribution in [0.15, 0.2) is 97.3 Å². The summed E-state index contributed by atoms with van der Waals surface area (Å²) in [6.07, 6.45) is 8.24. The molecular weight excluding hydrogens is 444 g/mol. The third kappa shape index (κ3) is 4.78. The maximum atomic E-state index is 6.20. The van der Waals surface area contributed by atoms with Gasteiger partial charge in [0, 0.05) is 41.7 Å². The average Bonchev–Trinajstić information content (AvgIpc) is 2.92. The minimum atomic E-state index is 0.558. The van der Waals surface area contributed by atoms with Crippen LogP contribution >= 0.6 is 0 Å². The molecule has 5 aromatic rings. The molecule has 0 amide bonds. The van der Waals surface area contributed by atoms with Crippen LogP contribution in [0.5, 0.6) is 5.75 Å². The van der Waals surface area contributed by atoms with Gasteiger partial charge in [0.2, 0.25) is 0 Å². The van der Waals surface area contributed by atoms with Gasteiger partial charge in [-0.05, 0) is 61.2 Å². The van der Waals surface area contributed by atoms with Crippen molar-refractivity contribution in [3.05, 3.63) is 103 Å². The summed E-state index contributed by atoms with van der Waals surface area (Å²) in [5, 5.41) is 3.62. The van der Waals surface area contributed by atoms with Gasteiger partial charge in [-0.1, -0.05) is 48.5 Å². The number of nitrogens with zero attached hydrogens (tertiary/aromatic N) is 3. The van der Waals surface area contributed by atoms with E-state index in [4.69, 9.17) is 14.7 Å². The predicted molar refractivity (Wildman–Crippen MR) is 145 cm³/mol. The molecule has 5 heteroatoms. The summed E-state index contributed by atoms with van der Waals surface area (Å²) < 4.78 is 6.20. The van der Waals surface area contributed by atoms with Crippen LogP contribution in [0.2, 0.25) is 0 Å². The first-order valence-corrected chi connectivity index (χ1v) is 12.6. The Morgan fingerprint density at radius 2 is 1.50 bits per heavy atom. The third-order valence-electron chi connectivity index (χ3n) is 6.74. The van der Waals surface area contributed by atoms with Crippen molar-refractivity contribution in [1.82, 2.24) is 15.0 Å². The number of para-hydroxylation sites is 1. The van der Waals surface area contributed by atoms with E-state index >= 15 is 0 Å².